The molecule has 154 valence electrons. The van der Waals surface area contributed by atoms with Crippen molar-refractivity contribution < 1.29 is 19.1 Å². The van der Waals surface area contributed by atoms with Crippen LogP contribution in [0, 0.1) is 11.8 Å². The van der Waals surface area contributed by atoms with Crippen LogP contribution in [-0.2, 0) is 14.3 Å². The fraction of sp³-hybridized carbons (Fsp3) is 0.850. The fourth-order valence-corrected chi connectivity index (χ4v) is 3.86. The van der Waals surface area contributed by atoms with Crippen LogP contribution in [0.25, 0.3) is 0 Å². The first-order valence-corrected chi connectivity index (χ1v) is 10.4. The molecule has 2 heterocycles. The third kappa shape index (κ3) is 6.40. The molecule has 7 nitrogen and oxygen atoms in total. The first-order valence-electron chi connectivity index (χ1n) is 10.4. The lowest BCUT2D eigenvalue weighted by Crippen LogP contribution is -2.50. The van der Waals surface area contributed by atoms with Crippen molar-refractivity contribution in [1.82, 2.24) is 15.1 Å². The lowest BCUT2D eigenvalue weighted by Gasteiger charge is -2.39. The lowest BCUT2D eigenvalue weighted by molar-refractivity contribution is -0.141. The van der Waals surface area contributed by atoms with E-state index >= 15 is 0 Å². The van der Waals surface area contributed by atoms with Crippen LogP contribution < -0.4 is 5.32 Å². The van der Waals surface area contributed by atoms with Gasteiger partial charge in [-0.1, -0.05) is 13.8 Å². The number of hydrogen-bond donors (Lipinski definition) is 1. The topological polar surface area (TPSA) is 79.0 Å². The van der Waals surface area contributed by atoms with Gasteiger partial charge in [0.2, 0.25) is 11.8 Å². The Bertz CT molecular complexity index is 515. The van der Waals surface area contributed by atoms with Gasteiger partial charge in [-0.2, -0.15) is 0 Å². The van der Waals surface area contributed by atoms with Crippen LogP contribution >= 0.6 is 0 Å². The summed E-state index contributed by atoms with van der Waals surface area (Å²) in [6.07, 6.45) is 4.40. The van der Waals surface area contributed by atoms with Crippen LogP contribution in [0.3, 0.4) is 0 Å². The number of carbonyl (C=O) groups is 3. The Kier molecular flexibility index (Phi) is 8.38. The number of piperidine rings is 2. The monoisotopic (exact) mass is 381 g/mol. The van der Waals surface area contributed by atoms with Gasteiger partial charge in [-0.25, -0.2) is 4.79 Å². The Hall–Kier alpha value is -1.79. The maximum atomic E-state index is 13.1. The maximum absolute atomic E-state index is 13.1. The average molecular weight is 382 g/mol. The van der Waals surface area contributed by atoms with Crippen LogP contribution in [0.5, 0.6) is 0 Å². The van der Waals surface area contributed by atoms with Crippen molar-refractivity contribution in [2.24, 2.45) is 11.8 Å². The molecule has 0 aromatic heterocycles. The molecule has 2 fully saturated rings. The molecule has 7 heteroatoms. The second kappa shape index (κ2) is 10.5. The van der Waals surface area contributed by atoms with Crippen LogP contribution in [0.15, 0.2) is 0 Å². The van der Waals surface area contributed by atoms with E-state index in [-0.39, 0.29) is 29.9 Å². The van der Waals surface area contributed by atoms with Crippen molar-refractivity contribution in [2.45, 2.75) is 65.3 Å². The minimum absolute atomic E-state index is 0.00633. The summed E-state index contributed by atoms with van der Waals surface area (Å²) in [7, 11) is 0. The van der Waals surface area contributed by atoms with E-state index in [0.717, 1.165) is 25.8 Å². The Balaban J connectivity index is 1.85. The molecule has 2 aliphatic rings. The first-order chi connectivity index (χ1) is 12.9. The van der Waals surface area contributed by atoms with Gasteiger partial charge in [0.1, 0.15) is 0 Å². The molecule has 0 saturated carbocycles. The molecule has 2 saturated heterocycles. The van der Waals surface area contributed by atoms with Gasteiger partial charge in [-0.3, -0.25) is 9.59 Å². The van der Waals surface area contributed by atoms with Gasteiger partial charge in [0, 0.05) is 44.6 Å². The number of nitrogens with one attached hydrogen (secondary N) is 1. The second-order valence-electron chi connectivity index (χ2n) is 8.07. The Morgan fingerprint density at radius 3 is 2.41 bits per heavy atom. The number of nitrogens with zero attached hydrogens (tertiary/aromatic N) is 2. The van der Waals surface area contributed by atoms with E-state index in [4.69, 9.17) is 4.74 Å². The highest BCUT2D eigenvalue weighted by molar-refractivity contribution is 5.81. The largest absolute Gasteiger partial charge is 0.449 e. The summed E-state index contributed by atoms with van der Waals surface area (Å²) >= 11 is 0. The summed E-state index contributed by atoms with van der Waals surface area (Å²) < 4.78 is 5.29. The highest BCUT2D eigenvalue weighted by atomic mass is 16.6. The van der Waals surface area contributed by atoms with Gasteiger partial charge in [0.15, 0.2) is 0 Å². The fourth-order valence-electron chi connectivity index (χ4n) is 3.86. The maximum Gasteiger partial charge on any atom is 0.409 e. The van der Waals surface area contributed by atoms with E-state index in [1.807, 2.05) is 25.7 Å². The normalized spacial score (nSPS) is 21.3. The standard InChI is InChI=1S/C20H35N3O4/c1-4-21-18(24)13-17-7-5-6-10-23(17)19(25)16-8-11-22(12-9-16)20(26)27-14-15(2)3/h15-17H,4-14H2,1-3H3,(H,21,24). The van der Waals surface area contributed by atoms with Crippen molar-refractivity contribution >= 4 is 17.9 Å². The minimum atomic E-state index is -0.276. The van der Waals surface area contributed by atoms with Gasteiger partial charge >= 0.3 is 6.09 Å². The number of carbonyl (C=O) groups excluding carboxylic acids is 3. The van der Waals surface area contributed by atoms with E-state index < -0.39 is 0 Å². The summed E-state index contributed by atoms with van der Waals surface area (Å²) in [5.41, 5.74) is 0. The van der Waals surface area contributed by atoms with Crippen molar-refractivity contribution in [2.75, 3.05) is 32.8 Å². The van der Waals surface area contributed by atoms with Crippen LogP contribution in [0.4, 0.5) is 4.79 Å². The van der Waals surface area contributed by atoms with E-state index in [9.17, 15) is 14.4 Å². The van der Waals surface area contributed by atoms with Crippen LogP contribution in [-0.4, -0.2) is 66.5 Å². The molecular formula is C20H35N3O4. The SMILES string of the molecule is CCNC(=O)CC1CCCCN1C(=O)C1CCN(C(=O)OCC(C)C)CC1. The third-order valence-corrected chi connectivity index (χ3v) is 5.35. The number of amides is 3. The molecule has 0 spiro atoms. The van der Waals surface area contributed by atoms with Gasteiger partial charge < -0.3 is 19.9 Å². The summed E-state index contributed by atoms with van der Waals surface area (Å²) in [6, 6.07) is 0.00633. The van der Waals surface area contributed by atoms with Crippen molar-refractivity contribution in [3.63, 3.8) is 0 Å². The summed E-state index contributed by atoms with van der Waals surface area (Å²) in [4.78, 5) is 40.7. The molecule has 2 rings (SSSR count). The molecule has 27 heavy (non-hydrogen) atoms. The van der Waals surface area contributed by atoms with Gasteiger partial charge in [-0.15, -0.1) is 0 Å². The Labute approximate surface area is 162 Å². The second-order valence-corrected chi connectivity index (χ2v) is 8.07. The van der Waals surface area contributed by atoms with E-state index in [1.54, 1.807) is 4.90 Å². The zero-order chi connectivity index (χ0) is 19.8. The molecule has 0 aromatic rings. The first kappa shape index (κ1) is 21.5. The predicted molar refractivity (Wildman–Crippen MR) is 103 cm³/mol. The summed E-state index contributed by atoms with van der Waals surface area (Å²) in [5.74, 6) is 0.423. The zero-order valence-electron chi connectivity index (χ0n) is 17.0. The highest BCUT2D eigenvalue weighted by Gasteiger charge is 2.35. The van der Waals surface area contributed by atoms with Gasteiger partial charge in [0.05, 0.1) is 6.61 Å². The highest BCUT2D eigenvalue weighted by Crippen LogP contribution is 2.26. The summed E-state index contributed by atoms with van der Waals surface area (Å²) in [5, 5.41) is 2.83. The van der Waals surface area contributed by atoms with Crippen LogP contribution in [0.1, 0.15) is 59.3 Å². The summed E-state index contributed by atoms with van der Waals surface area (Å²) in [6.45, 7) is 8.81. The average Bonchev–Trinajstić information content (AvgIpc) is 2.66. The predicted octanol–water partition coefficient (Wildman–Crippen LogP) is 2.40. The zero-order valence-corrected chi connectivity index (χ0v) is 17.0. The van der Waals surface area contributed by atoms with E-state index in [0.29, 0.717) is 51.4 Å². The molecule has 1 atom stereocenters. The van der Waals surface area contributed by atoms with Crippen LogP contribution in [0.2, 0.25) is 0 Å². The quantitative estimate of drug-likeness (QED) is 0.766. The molecule has 2 aliphatic heterocycles. The number of hydrogen-bond acceptors (Lipinski definition) is 4. The van der Waals surface area contributed by atoms with E-state index in [1.165, 1.54) is 0 Å². The lowest BCUT2D eigenvalue weighted by atomic mass is 9.91. The number of rotatable bonds is 6. The molecule has 0 aliphatic carbocycles. The molecule has 0 aromatic carbocycles. The molecular weight excluding hydrogens is 346 g/mol. The van der Waals surface area contributed by atoms with Crippen molar-refractivity contribution in [3.05, 3.63) is 0 Å². The number of ether oxygens (including phenoxy) is 1. The van der Waals surface area contributed by atoms with Crippen molar-refractivity contribution in [3.8, 4) is 0 Å². The van der Waals surface area contributed by atoms with Gasteiger partial charge in [0.25, 0.3) is 0 Å². The van der Waals surface area contributed by atoms with E-state index in [2.05, 4.69) is 5.32 Å². The third-order valence-electron chi connectivity index (χ3n) is 5.35. The Morgan fingerprint density at radius 1 is 1.07 bits per heavy atom. The molecule has 3 amide bonds. The van der Waals surface area contributed by atoms with Crippen molar-refractivity contribution in [1.29, 1.82) is 0 Å². The Morgan fingerprint density at radius 2 is 1.78 bits per heavy atom. The molecule has 1 unspecified atom stereocenters. The minimum Gasteiger partial charge on any atom is -0.449 e. The number of likely N-dealkylation sites (tertiary alicyclic amines) is 2. The molecule has 0 bridgehead atoms. The molecule has 0 radical (unpaired) electrons. The molecule has 1 N–H and O–H groups in total. The smallest absolute Gasteiger partial charge is 0.409 e. The van der Waals surface area contributed by atoms with Gasteiger partial charge in [-0.05, 0) is 44.9 Å².